The fourth-order valence-corrected chi connectivity index (χ4v) is 1.27. The van der Waals surface area contributed by atoms with Crippen LogP contribution in [0.2, 0.25) is 0 Å². The number of hydrogen-bond donors (Lipinski definition) is 1. The van der Waals surface area contributed by atoms with E-state index in [1.54, 1.807) is 13.0 Å². The van der Waals surface area contributed by atoms with E-state index in [0.29, 0.717) is 11.6 Å². The fraction of sp³-hybridized carbons (Fsp3) is 0.444. The molecular weight excluding hydrogens is 180 g/mol. The highest BCUT2D eigenvalue weighted by atomic mass is 16.3. The molecule has 2 rings (SSSR count). The molecule has 2 heterocycles. The summed E-state index contributed by atoms with van der Waals surface area (Å²) >= 11 is 0. The first kappa shape index (κ1) is 8.93. The summed E-state index contributed by atoms with van der Waals surface area (Å²) in [5.41, 5.74) is 0.822. The third-order valence-electron chi connectivity index (χ3n) is 2.01. The summed E-state index contributed by atoms with van der Waals surface area (Å²) in [5.74, 6) is 1.40. The molecule has 0 aromatic carbocycles. The molecule has 0 fully saturated rings. The minimum atomic E-state index is 0.0827. The van der Waals surface area contributed by atoms with Crippen LogP contribution in [0.1, 0.15) is 31.3 Å². The first-order valence-corrected chi connectivity index (χ1v) is 4.51. The van der Waals surface area contributed by atoms with Gasteiger partial charge in [-0.1, -0.05) is 13.8 Å². The van der Waals surface area contributed by atoms with Crippen molar-refractivity contribution in [3.05, 3.63) is 17.6 Å². The van der Waals surface area contributed by atoms with Gasteiger partial charge in [0.05, 0.1) is 5.69 Å². The van der Waals surface area contributed by atoms with E-state index < -0.39 is 0 Å². The van der Waals surface area contributed by atoms with Crippen molar-refractivity contribution in [3.63, 3.8) is 0 Å². The zero-order valence-corrected chi connectivity index (χ0v) is 8.39. The lowest BCUT2D eigenvalue weighted by Gasteiger charge is -2.04. The van der Waals surface area contributed by atoms with Crippen LogP contribution in [0.15, 0.2) is 6.07 Å². The molecule has 0 radical (unpaired) electrons. The maximum absolute atomic E-state index is 9.63. The van der Waals surface area contributed by atoms with Crippen LogP contribution in [0.5, 0.6) is 5.88 Å². The van der Waals surface area contributed by atoms with Gasteiger partial charge in [0, 0.05) is 6.07 Å². The molecule has 1 N–H and O–H groups in total. The maximum Gasteiger partial charge on any atom is 0.255 e. The smallest absolute Gasteiger partial charge is 0.255 e. The molecule has 0 atom stereocenters. The summed E-state index contributed by atoms with van der Waals surface area (Å²) in [6.45, 7) is 5.80. The molecule has 0 bridgehead atoms. The summed E-state index contributed by atoms with van der Waals surface area (Å²) in [6, 6.07) is 1.62. The summed E-state index contributed by atoms with van der Waals surface area (Å²) in [5, 5.41) is 13.6. The Labute approximate surface area is 81.4 Å². The van der Waals surface area contributed by atoms with E-state index in [4.69, 9.17) is 0 Å². The van der Waals surface area contributed by atoms with Crippen molar-refractivity contribution in [2.24, 2.45) is 0 Å². The van der Waals surface area contributed by atoms with Gasteiger partial charge in [-0.05, 0) is 12.8 Å². The Morgan fingerprint density at radius 3 is 2.71 bits per heavy atom. The number of fused-ring (bicyclic) bond motifs is 1. The van der Waals surface area contributed by atoms with E-state index in [1.165, 1.54) is 4.52 Å². The standard InChI is InChI=1S/C9H12N4O/c1-5(2)7-4-8(14)13-9(11-7)10-6(3)12-13/h4-5,14H,1-3H3. The third-order valence-corrected chi connectivity index (χ3v) is 2.01. The molecule has 14 heavy (non-hydrogen) atoms. The van der Waals surface area contributed by atoms with Crippen molar-refractivity contribution < 1.29 is 5.11 Å². The Balaban J connectivity index is 2.71. The van der Waals surface area contributed by atoms with Crippen molar-refractivity contribution in [2.75, 3.05) is 0 Å². The molecular formula is C9H12N4O. The van der Waals surface area contributed by atoms with E-state index >= 15 is 0 Å². The second kappa shape index (κ2) is 2.94. The van der Waals surface area contributed by atoms with Gasteiger partial charge in [0.2, 0.25) is 5.88 Å². The van der Waals surface area contributed by atoms with Crippen LogP contribution in [0, 0.1) is 6.92 Å². The number of hydrogen-bond acceptors (Lipinski definition) is 4. The quantitative estimate of drug-likeness (QED) is 0.738. The van der Waals surface area contributed by atoms with Gasteiger partial charge in [0.1, 0.15) is 5.82 Å². The molecule has 0 aliphatic heterocycles. The average molecular weight is 192 g/mol. The summed E-state index contributed by atoms with van der Waals surface area (Å²) in [4.78, 5) is 8.38. The predicted molar refractivity (Wildman–Crippen MR) is 51.3 cm³/mol. The zero-order valence-electron chi connectivity index (χ0n) is 8.39. The molecule has 74 valence electrons. The summed E-state index contributed by atoms with van der Waals surface area (Å²) in [6.07, 6.45) is 0. The maximum atomic E-state index is 9.63. The lowest BCUT2D eigenvalue weighted by Crippen LogP contribution is -1.98. The molecule has 0 amide bonds. The molecule has 0 saturated carbocycles. The monoisotopic (exact) mass is 192 g/mol. The number of aromatic nitrogens is 4. The number of rotatable bonds is 1. The van der Waals surface area contributed by atoms with Gasteiger partial charge in [-0.25, -0.2) is 4.98 Å². The highest BCUT2D eigenvalue weighted by molar-refractivity contribution is 5.34. The minimum absolute atomic E-state index is 0.0827. The Morgan fingerprint density at radius 1 is 1.36 bits per heavy atom. The van der Waals surface area contributed by atoms with E-state index in [0.717, 1.165) is 5.69 Å². The summed E-state index contributed by atoms with van der Waals surface area (Å²) in [7, 11) is 0. The number of aryl methyl sites for hydroxylation is 1. The van der Waals surface area contributed by atoms with Crippen LogP contribution in [0.4, 0.5) is 0 Å². The van der Waals surface area contributed by atoms with Crippen LogP contribution in [-0.2, 0) is 0 Å². The lowest BCUT2D eigenvalue weighted by molar-refractivity contribution is 0.433. The van der Waals surface area contributed by atoms with Gasteiger partial charge in [-0.3, -0.25) is 0 Å². The van der Waals surface area contributed by atoms with E-state index in [-0.39, 0.29) is 11.8 Å². The summed E-state index contributed by atoms with van der Waals surface area (Å²) < 4.78 is 1.33. The average Bonchev–Trinajstić information content (AvgIpc) is 2.45. The van der Waals surface area contributed by atoms with Crippen molar-refractivity contribution in [1.29, 1.82) is 0 Å². The van der Waals surface area contributed by atoms with E-state index in [9.17, 15) is 5.11 Å². The third kappa shape index (κ3) is 1.30. The molecule has 5 nitrogen and oxygen atoms in total. The predicted octanol–water partition coefficient (Wildman–Crippen LogP) is 1.26. The van der Waals surface area contributed by atoms with Crippen molar-refractivity contribution >= 4 is 5.78 Å². The van der Waals surface area contributed by atoms with Gasteiger partial charge >= 0.3 is 0 Å². The largest absolute Gasteiger partial charge is 0.493 e. The van der Waals surface area contributed by atoms with Crippen molar-refractivity contribution in [3.8, 4) is 5.88 Å². The number of nitrogens with zero attached hydrogens (tertiary/aromatic N) is 4. The Bertz CT molecular complexity index is 475. The van der Waals surface area contributed by atoms with E-state index in [1.807, 2.05) is 13.8 Å². The van der Waals surface area contributed by atoms with Crippen LogP contribution in [0.3, 0.4) is 0 Å². The van der Waals surface area contributed by atoms with E-state index in [2.05, 4.69) is 15.1 Å². The first-order chi connectivity index (χ1) is 6.58. The Morgan fingerprint density at radius 2 is 2.07 bits per heavy atom. The van der Waals surface area contributed by atoms with Gasteiger partial charge < -0.3 is 5.11 Å². The molecule has 2 aromatic heterocycles. The van der Waals surface area contributed by atoms with Gasteiger partial charge in [-0.15, -0.1) is 5.10 Å². The SMILES string of the molecule is Cc1nc2nc(C(C)C)cc(O)n2n1. The molecule has 0 saturated heterocycles. The van der Waals surface area contributed by atoms with Crippen LogP contribution < -0.4 is 0 Å². The normalized spacial score (nSPS) is 11.4. The second-order valence-corrected chi connectivity index (χ2v) is 3.56. The van der Waals surface area contributed by atoms with Crippen molar-refractivity contribution in [2.45, 2.75) is 26.7 Å². The minimum Gasteiger partial charge on any atom is -0.493 e. The topological polar surface area (TPSA) is 63.3 Å². The molecule has 2 aromatic rings. The van der Waals surface area contributed by atoms with Crippen LogP contribution in [-0.4, -0.2) is 24.7 Å². The van der Waals surface area contributed by atoms with Crippen molar-refractivity contribution in [1.82, 2.24) is 19.6 Å². The second-order valence-electron chi connectivity index (χ2n) is 3.56. The van der Waals surface area contributed by atoms with Gasteiger partial charge in [-0.2, -0.15) is 9.50 Å². The molecule has 0 aliphatic carbocycles. The lowest BCUT2D eigenvalue weighted by atomic mass is 10.1. The molecule has 5 heteroatoms. The number of aromatic hydroxyl groups is 1. The Kier molecular flexibility index (Phi) is 1.87. The Hall–Kier alpha value is -1.65. The molecule has 0 aliphatic rings. The first-order valence-electron chi connectivity index (χ1n) is 4.51. The fourth-order valence-electron chi connectivity index (χ4n) is 1.27. The molecule has 0 spiro atoms. The van der Waals surface area contributed by atoms with Gasteiger partial charge in [0.15, 0.2) is 0 Å². The highest BCUT2D eigenvalue weighted by Crippen LogP contribution is 2.18. The van der Waals surface area contributed by atoms with Crippen LogP contribution >= 0.6 is 0 Å². The zero-order chi connectivity index (χ0) is 10.3. The molecule has 0 unspecified atom stereocenters. The van der Waals surface area contributed by atoms with Crippen LogP contribution in [0.25, 0.3) is 5.78 Å². The van der Waals surface area contributed by atoms with Gasteiger partial charge in [0.25, 0.3) is 5.78 Å². The highest BCUT2D eigenvalue weighted by Gasteiger charge is 2.09.